The van der Waals surface area contributed by atoms with E-state index in [-0.39, 0.29) is 6.04 Å². The summed E-state index contributed by atoms with van der Waals surface area (Å²) in [5, 5.41) is 4.74. The van der Waals surface area contributed by atoms with Crippen molar-refractivity contribution in [3.63, 3.8) is 0 Å². The third kappa shape index (κ3) is 3.54. The number of benzene rings is 2. The van der Waals surface area contributed by atoms with Gasteiger partial charge in [-0.05, 0) is 43.5 Å². The van der Waals surface area contributed by atoms with Crippen molar-refractivity contribution >= 4 is 23.2 Å². The van der Waals surface area contributed by atoms with Crippen molar-refractivity contribution in [2.75, 3.05) is 0 Å². The van der Waals surface area contributed by atoms with Gasteiger partial charge in [-0.3, -0.25) is 0 Å². The van der Waals surface area contributed by atoms with Crippen LogP contribution in [0.4, 0.5) is 0 Å². The minimum absolute atomic E-state index is 0.154. The standard InChI is InChI=1S/C17H19Cl2N/c1-11-7-8-12(2)14(9-11)10-20-13(3)15-5-4-6-16(18)17(15)19/h4-9,13,20H,10H2,1-3H3. The number of nitrogens with one attached hydrogen (secondary N) is 1. The van der Waals surface area contributed by atoms with Crippen LogP contribution in [0.2, 0.25) is 10.0 Å². The van der Waals surface area contributed by atoms with E-state index >= 15 is 0 Å². The van der Waals surface area contributed by atoms with Crippen molar-refractivity contribution in [2.45, 2.75) is 33.4 Å². The molecule has 0 saturated carbocycles. The Bertz CT molecular complexity index is 608. The Balaban J connectivity index is 2.10. The number of hydrogen-bond donors (Lipinski definition) is 1. The van der Waals surface area contributed by atoms with Crippen LogP contribution in [0.25, 0.3) is 0 Å². The maximum atomic E-state index is 6.25. The molecular formula is C17H19Cl2N. The SMILES string of the molecule is Cc1ccc(C)c(CNC(C)c2cccc(Cl)c2Cl)c1. The molecule has 1 nitrogen and oxygen atoms in total. The molecule has 0 fully saturated rings. The molecule has 3 heteroatoms. The molecule has 0 radical (unpaired) electrons. The maximum absolute atomic E-state index is 6.25. The monoisotopic (exact) mass is 307 g/mol. The molecule has 1 unspecified atom stereocenters. The molecule has 2 rings (SSSR count). The minimum Gasteiger partial charge on any atom is -0.306 e. The molecule has 2 aromatic rings. The van der Waals surface area contributed by atoms with E-state index in [0.717, 1.165) is 12.1 Å². The predicted molar refractivity (Wildman–Crippen MR) is 87.6 cm³/mol. The van der Waals surface area contributed by atoms with E-state index < -0.39 is 0 Å². The van der Waals surface area contributed by atoms with Crippen LogP contribution in [0.15, 0.2) is 36.4 Å². The Labute approximate surface area is 130 Å². The molecule has 0 saturated heterocycles. The normalized spacial score (nSPS) is 12.4. The van der Waals surface area contributed by atoms with Crippen LogP contribution in [0.1, 0.15) is 35.2 Å². The molecule has 1 N–H and O–H groups in total. The summed E-state index contributed by atoms with van der Waals surface area (Å²) in [7, 11) is 0. The van der Waals surface area contributed by atoms with Gasteiger partial charge in [0.15, 0.2) is 0 Å². The number of rotatable bonds is 4. The molecule has 0 aliphatic rings. The summed E-state index contributed by atoms with van der Waals surface area (Å²) in [5.74, 6) is 0. The van der Waals surface area contributed by atoms with Crippen molar-refractivity contribution in [3.8, 4) is 0 Å². The van der Waals surface area contributed by atoms with E-state index in [9.17, 15) is 0 Å². The minimum atomic E-state index is 0.154. The van der Waals surface area contributed by atoms with Crippen molar-refractivity contribution in [1.82, 2.24) is 5.32 Å². The van der Waals surface area contributed by atoms with Crippen molar-refractivity contribution < 1.29 is 0 Å². The lowest BCUT2D eigenvalue weighted by atomic mass is 10.0. The fourth-order valence-electron chi connectivity index (χ4n) is 2.22. The van der Waals surface area contributed by atoms with Crippen LogP contribution in [-0.4, -0.2) is 0 Å². The third-order valence-electron chi connectivity index (χ3n) is 3.55. The lowest BCUT2D eigenvalue weighted by Crippen LogP contribution is -2.19. The summed E-state index contributed by atoms with van der Waals surface area (Å²) in [5.41, 5.74) is 4.92. The number of aryl methyl sites for hydroxylation is 2. The van der Waals surface area contributed by atoms with Crippen molar-refractivity contribution in [3.05, 3.63) is 68.7 Å². The largest absolute Gasteiger partial charge is 0.306 e. The van der Waals surface area contributed by atoms with E-state index in [0.29, 0.717) is 10.0 Å². The van der Waals surface area contributed by atoms with E-state index in [1.165, 1.54) is 16.7 Å². The van der Waals surface area contributed by atoms with Gasteiger partial charge in [-0.25, -0.2) is 0 Å². The quantitative estimate of drug-likeness (QED) is 0.790. The molecule has 0 spiro atoms. The summed E-state index contributed by atoms with van der Waals surface area (Å²) < 4.78 is 0. The van der Waals surface area contributed by atoms with Gasteiger partial charge in [-0.15, -0.1) is 0 Å². The zero-order valence-corrected chi connectivity index (χ0v) is 13.5. The zero-order chi connectivity index (χ0) is 14.7. The highest BCUT2D eigenvalue weighted by molar-refractivity contribution is 6.42. The van der Waals surface area contributed by atoms with Crippen LogP contribution in [0, 0.1) is 13.8 Å². The average Bonchev–Trinajstić information content (AvgIpc) is 2.42. The van der Waals surface area contributed by atoms with E-state index in [2.05, 4.69) is 44.3 Å². The summed E-state index contributed by atoms with van der Waals surface area (Å²) in [6.07, 6.45) is 0. The summed E-state index contributed by atoms with van der Waals surface area (Å²) >= 11 is 12.3. The van der Waals surface area contributed by atoms with Crippen molar-refractivity contribution in [2.24, 2.45) is 0 Å². The average molecular weight is 308 g/mol. The topological polar surface area (TPSA) is 12.0 Å². The molecular weight excluding hydrogens is 289 g/mol. The van der Waals surface area contributed by atoms with Gasteiger partial charge in [0.05, 0.1) is 10.0 Å². The molecule has 1 atom stereocenters. The molecule has 0 heterocycles. The second kappa shape index (κ2) is 6.62. The molecule has 2 aromatic carbocycles. The highest BCUT2D eigenvalue weighted by Gasteiger charge is 2.11. The van der Waals surface area contributed by atoms with Crippen LogP contribution in [-0.2, 0) is 6.54 Å². The first-order valence-electron chi connectivity index (χ1n) is 6.72. The van der Waals surface area contributed by atoms with Gasteiger partial charge < -0.3 is 5.32 Å². The Morgan fingerprint density at radius 1 is 1.10 bits per heavy atom. The van der Waals surface area contributed by atoms with Gasteiger partial charge >= 0.3 is 0 Å². The van der Waals surface area contributed by atoms with Gasteiger partial charge in [-0.2, -0.15) is 0 Å². The molecule has 0 aliphatic heterocycles. The van der Waals surface area contributed by atoms with E-state index in [4.69, 9.17) is 23.2 Å². The highest BCUT2D eigenvalue weighted by atomic mass is 35.5. The van der Waals surface area contributed by atoms with Gasteiger partial charge in [0.25, 0.3) is 0 Å². The van der Waals surface area contributed by atoms with Gasteiger partial charge in [0.1, 0.15) is 0 Å². The highest BCUT2D eigenvalue weighted by Crippen LogP contribution is 2.29. The Morgan fingerprint density at radius 3 is 2.60 bits per heavy atom. The van der Waals surface area contributed by atoms with E-state index in [1.54, 1.807) is 0 Å². The first-order valence-corrected chi connectivity index (χ1v) is 7.48. The third-order valence-corrected chi connectivity index (χ3v) is 4.38. The zero-order valence-electron chi connectivity index (χ0n) is 12.0. The molecule has 0 bridgehead atoms. The van der Waals surface area contributed by atoms with Crippen LogP contribution in [0.5, 0.6) is 0 Å². The first kappa shape index (κ1) is 15.4. The molecule has 0 aliphatic carbocycles. The first-order chi connectivity index (χ1) is 9.49. The fraction of sp³-hybridized carbons (Fsp3) is 0.294. The fourth-order valence-corrected chi connectivity index (χ4v) is 2.69. The lowest BCUT2D eigenvalue weighted by Gasteiger charge is -2.17. The molecule has 0 aromatic heterocycles. The Kier molecular flexibility index (Phi) is 5.09. The summed E-state index contributed by atoms with van der Waals surface area (Å²) in [6, 6.07) is 12.4. The molecule has 20 heavy (non-hydrogen) atoms. The predicted octanol–water partition coefficient (Wildman–Crippen LogP) is 5.46. The smallest absolute Gasteiger partial charge is 0.0639 e. The van der Waals surface area contributed by atoms with Gasteiger partial charge in [0.2, 0.25) is 0 Å². The van der Waals surface area contributed by atoms with Crippen LogP contribution in [0.3, 0.4) is 0 Å². The Morgan fingerprint density at radius 2 is 1.85 bits per heavy atom. The van der Waals surface area contributed by atoms with Crippen LogP contribution >= 0.6 is 23.2 Å². The van der Waals surface area contributed by atoms with Crippen LogP contribution < -0.4 is 5.32 Å². The number of hydrogen-bond acceptors (Lipinski definition) is 1. The van der Waals surface area contributed by atoms with Gasteiger partial charge in [0, 0.05) is 12.6 Å². The molecule has 106 valence electrons. The lowest BCUT2D eigenvalue weighted by molar-refractivity contribution is 0.573. The van der Waals surface area contributed by atoms with E-state index in [1.807, 2.05) is 18.2 Å². The summed E-state index contributed by atoms with van der Waals surface area (Å²) in [4.78, 5) is 0. The second-order valence-electron chi connectivity index (χ2n) is 5.18. The second-order valence-corrected chi connectivity index (χ2v) is 5.96. The number of halogens is 2. The van der Waals surface area contributed by atoms with Gasteiger partial charge in [-0.1, -0.05) is 59.1 Å². The Hall–Kier alpha value is -1.02. The maximum Gasteiger partial charge on any atom is 0.0639 e. The summed E-state index contributed by atoms with van der Waals surface area (Å²) in [6.45, 7) is 7.16. The molecule has 0 amide bonds. The van der Waals surface area contributed by atoms with Crippen molar-refractivity contribution in [1.29, 1.82) is 0 Å².